The number of hydrogen-bond acceptors (Lipinski definition) is 6. The van der Waals surface area contributed by atoms with Crippen molar-refractivity contribution in [1.29, 1.82) is 0 Å². The first kappa shape index (κ1) is 29.9. The molecule has 2 atom stereocenters. The summed E-state index contributed by atoms with van der Waals surface area (Å²) in [5.41, 5.74) is -0.859. The molecule has 0 aromatic carbocycles. The van der Waals surface area contributed by atoms with Gasteiger partial charge in [0.15, 0.2) is 5.78 Å². The first-order valence-corrected chi connectivity index (χ1v) is 9.99. The van der Waals surface area contributed by atoms with E-state index in [4.69, 9.17) is 10.2 Å². The number of ketones is 1. The lowest BCUT2D eigenvalue weighted by Gasteiger charge is -2.21. The van der Waals surface area contributed by atoms with Gasteiger partial charge in [0.25, 0.3) is 0 Å². The molecule has 9 nitrogen and oxygen atoms in total. The van der Waals surface area contributed by atoms with E-state index in [0.29, 0.717) is 12.3 Å². The summed E-state index contributed by atoms with van der Waals surface area (Å²) < 4.78 is 0. The molecule has 0 aliphatic carbocycles. The molecule has 5 N–H and O–H groups in total. The Kier molecular flexibility index (Phi) is 15.5. The van der Waals surface area contributed by atoms with Crippen LogP contribution in [0.1, 0.15) is 60.3 Å². The fourth-order valence-electron chi connectivity index (χ4n) is 2.06. The highest BCUT2D eigenvalue weighted by atomic mass is 16.4. The molecule has 2 amide bonds. The number of aliphatic carboxylic acids is 1. The Morgan fingerprint density at radius 1 is 1.07 bits per heavy atom. The van der Waals surface area contributed by atoms with Crippen molar-refractivity contribution in [1.82, 2.24) is 10.6 Å². The van der Waals surface area contributed by atoms with Crippen LogP contribution < -0.4 is 10.6 Å². The predicted molar refractivity (Wildman–Crippen MR) is 114 cm³/mol. The highest BCUT2D eigenvalue weighted by Crippen LogP contribution is 2.16. The van der Waals surface area contributed by atoms with Gasteiger partial charge in [-0.3, -0.25) is 19.2 Å². The number of carbonyl (C=O) groups excluding carboxylic acids is 3. The van der Waals surface area contributed by atoms with Gasteiger partial charge in [-0.2, -0.15) is 0 Å². The van der Waals surface area contributed by atoms with E-state index in [0.717, 1.165) is 19.8 Å². The Bertz CT molecular complexity index is 586. The fourth-order valence-corrected chi connectivity index (χ4v) is 2.06. The van der Waals surface area contributed by atoms with Crippen LogP contribution >= 0.6 is 0 Å². The molecule has 0 heterocycles. The predicted octanol–water partition coefficient (Wildman–Crippen LogP) is 1.03. The molecule has 0 spiro atoms. The number of carboxylic acid groups (broad SMARTS) is 1. The molecule has 2 unspecified atom stereocenters. The molecule has 0 rings (SSSR count). The van der Waals surface area contributed by atoms with Gasteiger partial charge in [-0.25, -0.2) is 0 Å². The molecule has 0 saturated heterocycles. The third-order valence-electron chi connectivity index (χ3n) is 4.10. The SMILES string of the molecule is C=C(C)C.CC(C)CCCCC(=O)NC(CO)C(=O)NCC(=O)C(C)(CO)C(=O)O. The van der Waals surface area contributed by atoms with Crippen LogP contribution in [-0.2, 0) is 19.2 Å². The minimum atomic E-state index is -2.03. The van der Waals surface area contributed by atoms with Crippen molar-refractivity contribution in [3.63, 3.8) is 0 Å². The number of carbonyl (C=O) groups is 4. The number of carboxylic acids is 1. The zero-order valence-electron chi connectivity index (χ0n) is 18.8. The molecule has 30 heavy (non-hydrogen) atoms. The van der Waals surface area contributed by atoms with Gasteiger partial charge in [-0.05, 0) is 33.1 Å². The second kappa shape index (κ2) is 15.6. The van der Waals surface area contributed by atoms with Crippen LogP contribution in [0.3, 0.4) is 0 Å². The van der Waals surface area contributed by atoms with Crippen LogP contribution in [-0.4, -0.2) is 64.7 Å². The van der Waals surface area contributed by atoms with E-state index in [2.05, 4.69) is 31.1 Å². The number of amides is 2. The van der Waals surface area contributed by atoms with Gasteiger partial charge in [0, 0.05) is 6.42 Å². The first-order chi connectivity index (χ1) is 13.8. The average molecular weight is 431 g/mol. The van der Waals surface area contributed by atoms with Gasteiger partial charge in [0.2, 0.25) is 11.8 Å². The van der Waals surface area contributed by atoms with E-state index in [1.165, 1.54) is 5.57 Å². The van der Waals surface area contributed by atoms with Crippen LogP contribution in [0, 0.1) is 11.3 Å². The third-order valence-corrected chi connectivity index (χ3v) is 4.10. The minimum absolute atomic E-state index is 0.219. The van der Waals surface area contributed by atoms with Gasteiger partial charge in [0.05, 0.1) is 19.8 Å². The van der Waals surface area contributed by atoms with E-state index in [1.54, 1.807) is 0 Å². The van der Waals surface area contributed by atoms with Gasteiger partial charge < -0.3 is 26.0 Å². The standard InChI is InChI=1S/C17H30N2O7.C4H8/c1-11(2)6-4-5-7-14(23)19-12(9-20)15(24)18-8-13(22)17(3,10-21)16(25)26;1-4(2)3/h11-12,20-21H,4-10H2,1-3H3,(H,18,24)(H,19,23)(H,25,26);1H2,2-3H3. The molecular formula is C21H38N2O7. The summed E-state index contributed by atoms with van der Waals surface area (Å²) in [6, 6.07) is -1.23. The highest BCUT2D eigenvalue weighted by Gasteiger charge is 2.40. The van der Waals surface area contributed by atoms with Gasteiger partial charge in [0.1, 0.15) is 11.5 Å². The molecule has 174 valence electrons. The van der Waals surface area contributed by atoms with E-state index in [1.807, 2.05) is 13.8 Å². The number of rotatable bonds is 13. The molecule has 0 bridgehead atoms. The molecule has 0 aliphatic heterocycles. The van der Waals surface area contributed by atoms with E-state index in [9.17, 15) is 24.3 Å². The largest absolute Gasteiger partial charge is 0.480 e. The Morgan fingerprint density at radius 2 is 1.60 bits per heavy atom. The molecule has 0 radical (unpaired) electrons. The Hall–Kier alpha value is -2.26. The van der Waals surface area contributed by atoms with Gasteiger partial charge in [-0.1, -0.05) is 32.3 Å². The van der Waals surface area contributed by atoms with E-state index < -0.39 is 48.9 Å². The second-order valence-electron chi connectivity index (χ2n) is 8.09. The maximum atomic E-state index is 12.0. The molecule has 0 aliphatic rings. The molecule has 9 heteroatoms. The van der Waals surface area contributed by atoms with Crippen LogP contribution in [0.5, 0.6) is 0 Å². The molecular weight excluding hydrogens is 392 g/mol. The highest BCUT2D eigenvalue weighted by molar-refractivity contribution is 6.05. The number of hydrogen-bond donors (Lipinski definition) is 5. The summed E-state index contributed by atoms with van der Waals surface area (Å²) in [5, 5.41) is 31.9. The van der Waals surface area contributed by atoms with Crippen LogP contribution in [0.2, 0.25) is 0 Å². The second-order valence-corrected chi connectivity index (χ2v) is 8.09. The van der Waals surface area contributed by atoms with Gasteiger partial charge in [-0.15, -0.1) is 6.58 Å². The summed E-state index contributed by atoms with van der Waals surface area (Å²) in [4.78, 5) is 46.7. The van der Waals surface area contributed by atoms with Crippen molar-refractivity contribution in [2.45, 2.75) is 66.3 Å². The lowest BCUT2D eigenvalue weighted by atomic mass is 9.86. The third kappa shape index (κ3) is 13.1. The quantitative estimate of drug-likeness (QED) is 0.166. The van der Waals surface area contributed by atoms with Crippen LogP contribution in [0.15, 0.2) is 12.2 Å². The van der Waals surface area contributed by atoms with Crippen molar-refractivity contribution in [3.05, 3.63) is 12.2 Å². The molecule has 0 fully saturated rings. The van der Waals surface area contributed by atoms with Crippen molar-refractivity contribution in [2.24, 2.45) is 11.3 Å². The van der Waals surface area contributed by atoms with E-state index in [-0.39, 0.29) is 12.3 Å². The summed E-state index contributed by atoms with van der Waals surface area (Å²) in [7, 11) is 0. The zero-order valence-corrected chi connectivity index (χ0v) is 18.8. The fraction of sp³-hybridized carbons (Fsp3) is 0.714. The lowest BCUT2D eigenvalue weighted by Crippen LogP contribution is -2.52. The van der Waals surface area contributed by atoms with Crippen molar-refractivity contribution in [2.75, 3.05) is 19.8 Å². The lowest BCUT2D eigenvalue weighted by molar-refractivity contribution is -0.156. The van der Waals surface area contributed by atoms with Crippen molar-refractivity contribution >= 4 is 23.6 Å². The average Bonchev–Trinajstić information content (AvgIpc) is 2.65. The topological polar surface area (TPSA) is 153 Å². The number of nitrogens with one attached hydrogen (secondary N) is 2. The van der Waals surface area contributed by atoms with Gasteiger partial charge >= 0.3 is 5.97 Å². The molecule has 0 aromatic rings. The maximum Gasteiger partial charge on any atom is 0.319 e. The number of Topliss-reactive ketones (excluding diaryl/α,β-unsaturated/α-hetero) is 1. The van der Waals surface area contributed by atoms with E-state index >= 15 is 0 Å². The van der Waals surface area contributed by atoms with Crippen LogP contribution in [0.4, 0.5) is 0 Å². The molecule has 0 aromatic heterocycles. The monoisotopic (exact) mass is 430 g/mol. The Morgan fingerprint density at radius 3 is 2.00 bits per heavy atom. The summed E-state index contributed by atoms with van der Waals surface area (Å²) in [5.74, 6) is -3.05. The van der Waals surface area contributed by atoms with Crippen LogP contribution in [0.25, 0.3) is 0 Å². The Balaban J connectivity index is 0. The van der Waals surface area contributed by atoms with Crippen molar-refractivity contribution < 1.29 is 34.5 Å². The number of unbranched alkanes of at least 4 members (excludes halogenated alkanes) is 1. The smallest absolute Gasteiger partial charge is 0.319 e. The minimum Gasteiger partial charge on any atom is -0.480 e. The normalized spacial score (nSPS) is 13.3. The van der Waals surface area contributed by atoms with Crippen molar-refractivity contribution in [3.8, 4) is 0 Å². The maximum absolute atomic E-state index is 12.0. The first-order valence-electron chi connectivity index (χ1n) is 9.99. The summed E-state index contributed by atoms with van der Waals surface area (Å²) >= 11 is 0. The number of aliphatic hydroxyl groups is 2. The zero-order chi connectivity index (χ0) is 23.9. The molecule has 0 saturated carbocycles. The number of aliphatic hydroxyl groups excluding tert-OH is 2. The number of allylic oxidation sites excluding steroid dienone is 1. The summed E-state index contributed by atoms with van der Waals surface area (Å²) in [6.07, 6.45) is 2.75. The Labute approximate surface area is 178 Å². The summed E-state index contributed by atoms with van der Waals surface area (Å²) in [6.45, 7) is 10.5.